The van der Waals surface area contributed by atoms with Gasteiger partial charge >= 0.3 is 0 Å². The third-order valence-electron chi connectivity index (χ3n) is 1.46. The van der Waals surface area contributed by atoms with Gasteiger partial charge in [-0.25, -0.2) is 0 Å². The quantitative estimate of drug-likeness (QED) is 0.687. The fourth-order valence-corrected chi connectivity index (χ4v) is 2.28. The van der Waals surface area contributed by atoms with Gasteiger partial charge in [-0.3, -0.25) is 5.14 Å². The van der Waals surface area contributed by atoms with E-state index in [9.17, 15) is 0 Å². The van der Waals surface area contributed by atoms with Crippen molar-refractivity contribution < 1.29 is 0 Å². The lowest BCUT2D eigenvalue weighted by Gasteiger charge is -1.87. The molecule has 0 spiro atoms. The summed E-state index contributed by atoms with van der Waals surface area (Å²) in [6.07, 6.45) is 0. The molecule has 4 heteroatoms. The number of hydrogen-bond donors (Lipinski definition) is 1. The van der Waals surface area contributed by atoms with Crippen LogP contribution in [0.15, 0.2) is 29.3 Å². The lowest BCUT2D eigenvalue weighted by molar-refractivity contribution is 1.33. The van der Waals surface area contributed by atoms with E-state index in [1.54, 1.807) is 0 Å². The molecule has 2 nitrogen and oxygen atoms in total. The van der Waals surface area contributed by atoms with Gasteiger partial charge in [-0.05, 0) is 29.5 Å². The summed E-state index contributed by atoms with van der Waals surface area (Å²) < 4.78 is 5.39. The molecule has 0 saturated carbocycles. The highest BCUT2D eigenvalue weighted by molar-refractivity contribution is 7.97. The van der Waals surface area contributed by atoms with Gasteiger partial charge in [0.25, 0.3) is 0 Å². The van der Waals surface area contributed by atoms with Gasteiger partial charge in [-0.2, -0.15) is 4.37 Å². The molecule has 0 aliphatic heterocycles. The average molecular weight is 182 g/mol. The van der Waals surface area contributed by atoms with Crippen molar-refractivity contribution in [2.75, 3.05) is 0 Å². The normalized spacial score (nSPS) is 10.6. The summed E-state index contributed by atoms with van der Waals surface area (Å²) in [5.74, 6) is 0. The van der Waals surface area contributed by atoms with Gasteiger partial charge in [-0.1, -0.05) is 18.2 Å². The van der Waals surface area contributed by atoms with Crippen LogP contribution in [0.1, 0.15) is 0 Å². The fourth-order valence-electron chi connectivity index (χ4n) is 0.948. The second kappa shape index (κ2) is 2.81. The largest absolute Gasteiger partial charge is 0.272 e. The number of rotatable bonds is 1. The predicted molar refractivity (Wildman–Crippen MR) is 49.7 cm³/mol. The van der Waals surface area contributed by atoms with E-state index in [1.165, 1.54) is 28.2 Å². The van der Waals surface area contributed by atoms with E-state index in [4.69, 9.17) is 5.14 Å². The first-order chi connectivity index (χ1) is 5.42. The Bertz CT molecular complexity index is 369. The van der Waals surface area contributed by atoms with Crippen molar-refractivity contribution in [2.45, 2.75) is 5.03 Å². The predicted octanol–water partition coefficient (Wildman–Crippen LogP) is 2.26. The maximum atomic E-state index is 5.42. The molecule has 0 fully saturated rings. The van der Waals surface area contributed by atoms with Crippen LogP contribution in [0.2, 0.25) is 0 Å². The summed E-state index contributed by atoms with van der Waals surface area (Å²) in [6.45, 7) is 0. The Morgan fingerprint density at radius 1 is 1.36 bits per heavy atom. The Morgan fingerprint density at radius 3 is 3.00 bits per heavy atom. The van der Waals surface area contributed by atoms with E-state index < -0.39 is 0 Å². The number of fused-ring (bicyclic) bond motifs is 1. The molecule has 56 valence electrons. The van der Waals surface area contributed by atoms with Crippen molar-refractivity contribution >= 4 is 33.6 Å². The van der Waals surface area contributed by atoms with Crippen molar-refractivity contribution in [2.24, 2.45) is 5.14 Å². The van der Waals surface area contributed by atoms with Crippen molar-refractivity contribution in [3.8, 4) is 0 Å². The molecular formula is C7H6N2S2. The molecule has 0 saturated heterocycles. The molecule has 0 radical (unpaired) electrons. The Morgan fingerprint density at radius 2 is 2.18 bits per heavy atom. The van der Waals surface area contributed by atoms with Gasteiger partial charge < -0.3 is 0 Å². The third kappa shape index (κ3) is 1.13. The molecule has 1 aromatic heterocycles. The molecule has 11 heavy (non-hydrogen) atoms. The zero-order valence-corrected chi connectivity index (χ0v) is 7.28. The Labute approximate surface area is 72.7 Å². The summed E-state index contributed by atoms with van der Waals surface area (Å²) in [6, 6.07) is 8.09. The van der Waals surface area contributed by atoms with Gasteiger partial charge in [0, 0.05) is 5.39 Å². The highest BCUT2D eigenvalue weighted by Gasteiger charge is 2.02. The topological polar surface area (TPSA) is 38.9 Å². The molecule has 0 bridgehead atoms. The molecule has 1 heterocycles. The van der Waals surface area contributed by atoms with Crippen LogP contribution < -0.4 is 5.14 Å². The molecule has 0 aliphatic rings. The monoisotopic (exact) mass is 182 g/mol. The summed E-state index contributed by atoms with van der Waals surface area (Å²) >= 11 is 2.69. The zero-order valence-electron chi connectivity index (χ0n) is 5.65. The maximum absolute atomic E-state index is 5.42. The second-order valence-electron chi connectivity index (χ2n) is 2.10. The molecule has 0 aliphatic carbocycles. The minimum Gasteiger partial charge on any atom is -0.272 e. The van der Waals surface area contributed by atoms with Crippen LogP contribution in [0, 0.1) is 0 Å². The van der Waals surface area contributed by atoms with E-state index in [0.29, 0.717) is 0 Å². The number of nitrogens with two attached hydrogens (primary N) is 1. The first-order valence-electron chi connectivity index (χ1n) is 3.13. The van der Waals surface area contributed by atoms with Gasteiger partial charge in [0.1, 0.15) is 5.03 Å². The van der Waals surface area contributed by atoms with Gasteiger partial charge in [0.05, 0.1) is 4.70 Å². The zero-order chi connectivity index (χ0) is 7.68. The van der Waals surface area contributed by atoms with E-state index in [-0.39, 0.29) is 0 Å². The van der Waals surface area contributed by atoms with E-state index in [2.05, 4.69) is 4.37 Å². The average Bonchev–Trinajstić information content (AvgIpc) is 2.47. The van der Waals surface area contributed by atoms with Crippen LogP contribution in [0.5, 0.6) is 0 Å². The van der Waals surface area contributed by atoms with Gasteiger partial charge in [0.2, 0.25) is 0 Å². The van der Waals surface area contributed by atoms with Crippen LogP contribution in [0.25, 0.3) is 10.1 Å². The minimum absolute atomic E-state index is 0.922. The third-order valence-corrected chi connectivity index (χ3v) is 2.93. The lowest BCUT2D eigenvalue weighted by Crippen LogP contribution is -1.77. The molecular weight excluding hydrogens is 176 g/mol. The van der Waals surface area contributed by atoms with Crippen molar-refractivity contribution in [3.05, 3.63) is 24.3 Å². The smallest absolute Gasteiger partial charge is 0.132 e. The summed E-state index contributed by atoms with van der Waals surface area (Å²) in [5, 5.41) is 7.50. The Hall–Kier alpha value is -0.580. The van der Waals surface area contributed by atoms with E-state index in [1.807, 2.05) is 24.3 Å². The molecule has 0 unspecified atom stereocenters. The molecule has 2 N–H and O–H groups in total. The summed E-state index contributed by atoms with van der Waals surface area (Å²) in [4.78, 5) is 0. The van der Waals surface area contributed by atoms with Crippen molar-refractivity contribution in [1.29, 1.82) is 0 Å². The minimum atomic E-state index is 0.922. The SMILES string of the molecule is NSc1nsc2ccccc12. The van der Waals surface area contributed by atoms with Crippen LogP contribution in [0.3, 0.4) is 0 Å². The van der Waals surface area contributed by atoms with Crippen molar-refractivity contribution in [3.63, 3.8) is 0 Å². The molecule has 2 rings (SSSR count). The second-order valence-corrected chi connectivity index (χ2v) is 3.53. The Balaban J connectivity index is 2.76. The van der Waals surface area contributed by atoms with Gasteiger partial charge in [-0.15, -0.1) is 0 Å². The van der Waals surface area contributed by atoms with Crippen molar-refractivity contribution in [1.82, 2.24) is 4.37 Å². The lowest BCUT2D eigenvalue weighted by atomic mass is 10.3. The highest BCUT2D eigenvalue weighted by atomic mass is 32.2. The standard InChI is InChI=1S/C7H6N2S2/c8-10-7-5-3-1-2-4-6(5)11-9-7/h1-4H,8H2. The molecule has 0 amide bonds. The number of hydrogen-bond acceptors (Lipinski definition) is 4. The van der Waals surface area contributed by atoms with Crippen LogP contribution >= 0.6 is 23.5 Å². The van der Waals surface area contributed by atoms with Gasteiger partial charge in [0.15, 0.2) is 0 Å². The number of benzene rings is 1. The number of aromatic nitrogens is 1. The Kier molecular flexibility index (Phi) is 1.81. The molecule has 0 atom stereocenters. The highest BCUT2D eigenvalue weighted by Crippen LogP contribution is 2.26. The molecule has 2 aromatic rings. The first kappa shape index (κ1) is 7.09. The van der Waals surface area contributed by atoms with E-state index >= 15 is 0 Å². The molecule has 1 aromatic carbocycles. The van der Waals surface area contributed by atoms with Crippen LogP contribution in [-0.2, 0) is 0 Å². The fraction of sp³-hybridized carbons (Fsp3) is 0. The summed E-state index contributed by atoms with van der Waals surface area (Å²) in [5.41, 5.74) is 0. The first-order valence-corrected chi connectivity index (χ1v) is 4.78. The van der Waals surface area contributed by atoms with E-state index in [0.717, 1.165) is 10.4 Å². The maximum Gasteiger partial charge on any atom is 0.132 e. The van der Waals surface area contributed by atoms with Crippen LogP contribution in [-0.4, -0.2) is 4.37 Å². The number of nitrogens with zero attached hydrogens (tertiary/aromatic N) is 1. The summed E-state index contributed by atoms with van der Waals surface area (Å²) in [7, 11) is 0. The van der Waals surface area contributed by atoms with Crippen LogP contribution in [0.4, 0.5) is 0 Å².